The SMILES string of the molecule is CN1CCCN(C(=O)C2COCCN2)CC1. The molecule has 0 bridgehead atoms. The van der Waals surface area contributed by atoms with Gasteiger partial charge in [-0.3, -0.25) is 4.79 Å². The van der Waals surface area contributed by atoms with E-state index in [9.17, 15) is 4.79 Å². The van der Waals surface area contributed by atoms with E-state index in [0.29, 0.717) is 13.2 Å². The Bertz CT molecular complexity index is 241. The highest BCUT2D eigenvalue weighted by Gasteiger charge is 2.26. The molecule has 2 heterocycles. The number of hydrogen-bond donors (Lipinski definition) is 1. The summed E-state index contributed by atoms with van der Waals surface area (Å²) in [4.78, 5) is 16.4. The Hall–Kier alpha value is -0.650. The first-order valence-electron chi connectivity index (χ1n) is 6.06. The first-order valence-corrected chi connectivity index (χ1v) is 6.06. The van der Waals surface area contributed by atoms with Crippen molar-refractivity contribution in [3.05, 3.63) is 0 Å². The van der Waals surface area contributed by atoms with E-state index in [1.807, 2.05) is 4.90 Å². The fraction of sp³-hybridized carbons (Fsp3) is 0.909. The molecule has 2 fully saturated rings. The zero-order valence-electron chi connectivity index (χ0n) is 9.95. The van der Waals surface area contributed by atoms with Crippen LogP contribution in [0.25, 0.3) is 0 Å². The predicted octanol–water partition coefficient (Wildman–Crippen LogP) is -0.861. The summed E-state index contributed by atoms with van der Waals surface area (Å²) in [5, 5.41) is 3.22. The number of hydrogen-bond acceptors (Lipinski definition) is 4. The summed E-state index contributed by atoms with van der Waals surface area (Å²) >= 11 is 0. The van der Waals surface area contributed by atoms with Crippen LogP contribution in [0.3, 0.4) is 0 Å². The number of carbonyl (C=O) groups excluding carboxylic acids is 1. The van der Waals surface area contributed by atoms with Crippen molar-refractivity contribution in [3.63, 3.8) is 0 Å². The van der Waals surface area contributed by atoms with Crippen LogP contribution >= 0.6 is 0 Å². The second-order valence-electron chi connectivity index (χ2n) is 4.56. The lowest BCUT2D eigenvalue weighted by molar-refractivity contribution is -0.136. The maximum absolute atomic E-state index is 12.2. The number of carbonyl (C=O) groups is 1. The van der Waals surface area contributed by atoms with Crippen LogP contribution in [0.15, 0.2) is 0 Å². The van der Waals surface area contributed by atoms with Crippen molar-refractivity contribution in [1.82, 2.24) is 15.1 Å². The second kappa shape index (κ2) is 5.61. The highest BCUT2D eigenvalue weighted by molar-refractivity contribution is 5.82. The van der Waals surface area contributed by atoms with Gasteiger partial charge >= 0.3 is 0 Å². The van der Waals surface area contributed by atoms with Crippen molar-refractivity contribution in [1.29, 1.82) is 0 Å². The van der Waals surface area contributed by atoms with Crippen LogP contribution in [0.1, 0.15) is 6.42 Å². The zero-order valence-corrected chi connectivity index (χ0v) is 9.95. The Kier molecular flexibility index (Phi) is 4.15. The van der Waals surface area contributed by atoms with Gasteiger partial charge in [-0.25, -0.2) is 0 Å². The van der Waals surface area contributed by atoms with E-state index >= 15 is 0 Å². The van der Waals surface area contributed by atoms with E-state index in [1.165, 1.54) is 0 Å². The first kappa shape index (κ1) is 11.8. The monoisotopic (exact) mass is 227 g/mol. The Morgan fingerprint density at radius 1 is 1.31 bits per heavy atom. The standard InChI is InChI=1S/C11H21N3O2/c1-13-4-2-5-14(7-6-13)11(15)10-9-16-8-3-12-10/h10,12H,2-9H2,1H3. The van der Waals surface area contributed by atoms with Gasteiger partial charge in [0, 0.05) is 26.2 Å². The molecule has 1 N–H and O–H groups in total. The molecule has 0 aliphatic carbocycles. The van der Waals surface area contributed by atoms with Gasteiger partial charge in [0.05, 0.1) is 13.2 Å². The Labute approximate surface area is 96.7 Å². The minimum absolute atomic E-state index is 0.128. The lowest BCUT2D eigenvalue weighted by Gasteiger charge is -2.29. The number of morpholine rings is 1. The molecule has 2 rings (SSSR count). The molecule has 0 aromatic carbocycles. The van der Waals surface area contributed by atoms with Crippen LogP contribution in [0, 0.1) is 0 Å². The summed E-state index contributed by atoms with van der Waals surface area (Å²) in [6, 6.07) is -0.128. The molecule has 0 aromatic rings. The molecule has 0 radical (unpaired) electrons. The maximum atomic E-state index is 12.2. The van der Waals surface area contributed by atoms with Crippen molar-refractivity contribution in [2.75, 3.05) is 53.0 Å². The molecule has 2 aliphatic rings. The van der Waals surface area contributed by atoms with Crippen LogP contribution in [-0.4, -0.2) is 74.7 Å². The molecular weight excluding hydrogens is 206 g/mol. The van der Waals surface area contributed by atoms with E-state index in [-0.39, 0.29) is 11.9 Å². The van der Waals surface area contributed by atoms with Crippen molar-refractivity contribution < 1.29 is 9.53 Å². The highest BCUT2D eigenvalue weighted by Crippen LogP contribution is 2.05. The molecule has 0 spiro atoms. The number of amides is 1. The molecule has 1 amide bonds. The summed E-state index contributed by atoms with van der Waals surface area (Å²) in [6.07, 6.45) is 1.07. The Balaban J connectivity index is 1.87. The van der Waals surface area contributed by atoms with Gasteiger partial charge in [0.15, 0.2) is 0 Å². The number of ether oxygens (including phenoxy) is 1. The average molecular weight is 227 g/mol. The van der Waals surface area contributed by atoms with Crippen LogP contribution in [-0.2, 0) is 9.53 Å². The number of likely N-dealkylation sites (N-methyl/N-ethyl adjacent to an activating group) is 1. The van der Waals surface area contributed by atoms with Gasteiger partial charge in [0.2, 0.25) is 5.91 Å². The Morgan fingerprint density at radius 3 is 2.94 bits per heavy atom. The molecule has 5 heteroatoms. The average Bonchev–Trinajstić information content (AvgIpc) is 2.54. The summed E-state index contributed by atoms with van der Waals surface area (Å²) < 4.78 is 5.33. The second-order valence-corrected chi connectivity index (χ2v) is 4.56. The quantitative estimate of drug-likeness (QED) is 0.633. The van der Waals surface area contributed by atoms with E-state index in [4.69, 9.17) is 4.74 Å². The van der Waals surface area contributed by atoms with Crippen molar-refractivity contribution >= 4 is 5.91 Å². The molecular formula is C11H21N3O2. The number of nitrogens with zero attached hydrogens (tertiary/aromatic N) is 2. The Morgan fingerprint density at radius 2 is 2.19 bits per heavy atom. The fourth-order valence-electron chi connectivity index (χ4n) is 2.21. The summed E-state index contributed by atoms with van der Waals surface area (Å²) in [6.45, 7) is 5.79. The van der Waals surface area contributed by atoms with Gasteiger partial charge in [0.25, 0.3) is 0 Å². The summed E-state index contributed by atoms with van der Waals surface area (Å²) in [5.74, 6) is 0.204. The van der Waals surface area contributed by atoms with Gasteiger partial charge in [-0.15, -0.1) is 0 Å². The third-order valence-electron chi connectivity index (χ3n) is 3.25. The lowest BCUT2D eigenvalue weighted by atomic mass is 10.2. The van der Waals surface area contributed by atoms with E-state index < -0.39 is 0 Å². The zero-order chi connectivity index (χ0) is 11.4. The molecule has 1 atom stereocenters. The van der Waals surface area contributed by atoms with Crippen LogP contribution in [0.4, 0.5) is 0 Å². The van der Waals surface area contributed by atoms with E-state index in [1.54, 1.807) is 0 Å². The normalized spacial score (nSPS) is 28.8. The van der Waals surface area contributed by atoms with Crippen LogP contribution < -0.4 is 5.32 Å². The number of rotatable bonds is 1. The molecule has 2 aliphatic heterocycles. The minimum atomic E-state index is -0.128. The van der Waals surface area contributed by atoms with Crippen molar-refractivity contribution in [2.24, 2.45) is 0 Å². The van der Waals surface area contributed by atoms with Gasteiger partial charge in [-0.05, 0) is 20.0 Å². The highest BCUT2D eigenvalue weighted by atomic mass is 16.5. The number of nitrogens with one attached hydrogen (secondary N) is 1. The lowest BCUT2D eigenvalue weighted by Crippen LogP contribution is -2.53. The maximum Gasteiger partial charge on any atom is 0.242 e. The third kappa shape index (κ3) is 2.93. The largest absolute Gasteiger partial charge is 0.378 e. The van der Waals surface area contributed by atoms with Crippen molar-refractivity contribution in [2.45, 2.75) is 12.5 Å². The molecule has 5 nitrogen and oxygen atoms in total. The topological polar surface area (TPSA) is 44.8 Å². The van der Waals surface area contributed by atoms with E-state index in [2.05, 4.69) is 17.3 Å². The molecule has 16 heavy (non-hydrogen) atoms. The van der Waals surface area contributed by atoms with Crippen LogP contribution in [0.5, 0.6) is 0 Å². The van der Waals surface area contributed by atoms with Gasteiger partial charge in [0.1, 0.15) is 6.04 Å². The summed E-state index contributed by atoms with van der Waals surface area (Å²) in [5.41, 5.74) is 0. The first-order chi connectivity index (χ1) is 7.77. The minimum Gasteiger partial charge on any atom is -0.378 e. The van der Waals surface area contributed by atoms with Gasteiger partial charge in [-0.2, -0.15) is 0 Å². The van der Waals surface area contributed by atoms with Crippen molar-refractivity contribution in [3.8, 4) is 0 Å². The van der Waals surface area contributed by atoms with Gasteiger partial charge in [-0.1, -0.05) is 0 Å². The molecule has 92 valence electrons. The predicted molar refractivity (Wildman–Crippen MR) is 61.3 cm³/mol. The molecule has 0 saturated carbocycles. The fourth-order valence-corrected chi connectivity index (χ4v) is 2.21. The van der Waals surface area contributed by atoms with Gasteiger partial charge < -0.3 is 19.9 Å². The molecule has 1 unspecified atom stereocenters. The molecule has 0 aromatic heterocycles. The van der Waals surface area contributed by atoms with E-state index in [0.717, 1.165) is 39.1 Å². The smallest absolute Gasteiger partial charge is 0.242 e. The molecule has 2 saturated heterocycles. The van der Waals surface area contributed by atoms with Crippen LogP contribution in [0.2, 0.25) is 0 Å². The summed E-state index contributed by atoms with van der Waals surface area (Å²) in [7, 11) is 2.11. The third-order valence-corrected chi connectivity index (χ3v) is 3.25.